The Bertz CT molecular complexity index is 344. The molecule has 1 rings (SSSR count). The maximum absolute atomic E-state index is 13.3. The normalized spacial score (nSPS) is 12.7. The zero-order chi connectivity index (χ0) is 12.7. The van der Waals surface area contributed by atoms with Crippen molar-refractivity contribution in [1.82, 2.24) is 5.43 Å². The average Bonchev–Trinajstić information content (AvgIpc) is 2.33. The first-order valence-electron chi connectivity index (χ1n) is 6.10. The summed E-state index contributed by atoms with van der Waals surface area (Å²) in [6.07, 6.45) is 5.62. The van der Waals surface area contributed by atoms with E-state index >= 15 is 0 Å². The van der Waals surface area contributed by atoms with Crippen LogP contribution in [0.2, 0.25) is 5.02 Å². The van der Waals surface area contributed by atoms with Gasteiger partial charge in [0.25, 0.3) is 0 Å². The van der Waals surface area contributed by atoms with Crippen molar-refractivity contribution in [2.24, 2.45) is 5.84 Å². The third kappa shape index (κ3) is 4.62. The maximum Gasteiger partial charge on any atom is 0.142 e. The quantitative estimate of drug-likeness (QED) is 0.441. The molecule has 0 saturated carbocycles. The molecule has 0 aromatic heterocycles. The molecule has 1 atom stereocenters. The van der Waals surface area contributed by atoms with E-state index in [1.165, 1.54) is 25.3 Å². The summed E-state index contributed by atoms with van der Waals surface area (Å²) in [5.74, 6) is 5.11. The molecular formula is C13H20ClFN2. The number of hydrogen-bond acceptors (Lipinski definition) is 2. The molecule has 0 aliphatic rings. The molecule has 1 aromatic carbocycles. The molecule has 0 fully saturated rings. The van der Waals surface area contributed by atoms with Crippen molar-refractivity contribution >= 4 is 11.6 Å². The third-order valence-corrected chi connectivity index (χ3v) is 3.20. The summed E-state index contributed by atoms with van der Waals surface area (Å²) >= 11 is 5.65. The zero-order valence-corrected chi connectivity index (χ0v) is 10.9. The van der Waals surface area contributed by atoms with E-state index < -0.39 is 5.82 Å². The van der Waals surface area contributed by atoms with Crippen molar-refractivity contribution in [2.75, 3.05) is 0 Å². The lowest BCUT2D eigenvalue weighted by Gasteiger charge is -2.16. The first-order valence-corrected chi connectivity index (χ1v) is 6.48. The van der Waals surface area contributed by atoms with Crippen molar-refractivity contribution in [3.05, 3.63) is 34.6 Å². The summed E-state index contributed by atoms with van der Waals surface area (Å²) in [6.45, 7) is 2.17. The van der Waals surface area contributed by atoms with E-state index in [4.69, 9.17) is 17.4 Å². The van der Waals surface area contributed by atoms with Gasteiger partial charge in [0.15, 0.2) is 0 Å². The smallest absolute Gasteiger partial charge is 0.142 e. The standard InChI is InChI=1S/C13H20ClFN2/c1-2-3-4-5-6-13(17-16)10-7-8-11(14)12(15)9-10/h7-9,13,17H,2-6,16H2,1H3. The number of benzene rings is 1. The number of unbranched alkanes of at least 4 members (excludes halogenated alkanes) is 3. The van der Waals surface area contributed by atoms with Crippen LogP contribution in [-0.4, -0.2) is 0 Å². The molecule has 4 heteroatoms. The summed E-state index contributed by atoms with van der Waals surface area (Å²) in [5, 5.41) is 0.149. The number of nitrogens with one attached hydrogen (secondary N) is 1. The van der Waals surface area contributed by atoms with E-state index in [2.05, 4.69) is 12.3 Å². The highest BCUT2D eigenvalue weighted by Gasteiger charge is 2.11. The Balaban J connectivity index is 2.56. The van der Waals surface area contributed by atoms with Crippen LogP contribution >= 0.6 is 11.6 Å². The van der Waals surface area contributed by atoms with E-state index in [0.29, 0.717) is 0 Å². The maximum atomic E-state index is 13.3. The third-order valence-electron chi connectivity index (χ3n) is 2.89. The second kappa shape index (κ2) is 7.64. The minimum absolute atomic E-state index is 0.00128. The molecule has 3 N–H and O–H groups in total. The SMILES string of the molecule is CCCCCCC(NN)c1ccc(Cl)c(F)c1. The first kappa shape index (κ1) is 14.4. The summed E-state index contributed by atoms with van der Waals surface area (Å²) in [6, 6.07) is 4.84. The monoisotopic (exact) mass is 258 g/mol. The Morgan fingerprint density at radius 1 is 1.35 bits per heavy atom. The van der Waals surface area contributed by atoms with Crippen LogP contribution in [0, 0.1) is 5.82 Å². The fraction of sp³-hybridized carbons (Fsp3) is 0.538. The van der Waals surface area contributed by atoms with Crippen molar-refractivity contribution in [3.63, 3.8) is 0 Å². The fourth-order valence-electron chi connectivity index (χ4n) is 1.85. The van der Waals surface area contributed by atoms with Gasteiger partial charge in [-0.1, -0.05) is 50.3 Å². The first-order chi connectivity index (χ1) is 8.19. The molecule has 0 amide bonds. The highest BCUT2D eigenvalue weighted by molar-refractivity contribution is 6.30. The van der Waals surface area contributed by atoms with Crippen molar-refractivity contribution in [2.45, 2.75) is 45.1 Å². The van der Waals surface area contributed by atoms with Gasteiger partial charge in [-0.3, -0.25) is 11.3 Å². The lowest BCUT2D eigenvalue weighted by Crippen LogP contribution is -2.28. The Morgan fingerprint density at radius 3 is 2.71 bits per heavy atom. The fourth-order valence-corrected chi connectivity index (χ4v) is 1.97. The second-order valence-corrected chi connectivity index (χ2v) is 4.65. The molecule has 0 spiro atoms. The molecule has 2 nitrogen and oxygen atoms in total. The van der Waals surface area contributed by atoms with Crippen LogP contribution < -0.4 is 11.3 Å². The van der Waals surface area contributed by atoms with Crippen LogP contribution in [0.5, 0.6) is 0 Å². The molecule has 0 aliphatic carbocycles. The van der Waals surface area contributed by atoms with Gasteiger partial charge in [-0.2, -0.15) is 0 Å². The Hall–Kier alpha value is -0.640. The topological polar surface area (TPSA) is 38.0 Å². The van der Waals surface area contributed by atoms with Gasteiger partial charge in [-0.15, -0.1) is 0 Å². The van der Waals surface area contributed by atoms with Gasteiger partial charge in [-0.05, 0) is 24.1 Å². The average molecular weight is 259 g/mol. The predicted octanol–water partition coefficient (Wildman–Crippen LogP) is 3.95. The van der Waals surface area contributed by atoms with Crippen LogP contribution in [0.3, 0.4) is 0 Å². The molecule has 0 aliphatic heterocycles. The largest absolute Gasteiger partial charge is 0.271 e. The number of halogens is 2. The van der Waals surface area contributed by atoms with Gasteiger partial charge in [0.2, 0.25) is 0 Å². The van der Waals surface area contributed by atoms with Crippen LogP contribution in [0.15, 0.2) is 18.2 Å². The predicted molar refractivity (Wildman–Crippen MR) is 70.2 cm³/mol. The summed E-state index contributed by atoms with van der Waals surface area (Å²) in [4.78, 5) is 0. The molecule has 0 bridgehead atoms. The van der Waals surface area contributed by atoms with E-state index in [1.54, 1.807) is 6.07 Å². The molecule has 17 heavy (non-hydrogen) atoms. The minimum Gasteiger partial charge on any atom is -0.271 e. The van der Waals surface area contributed by atoms with Crippen LogP contribution in [0.25, 0.3) is 0 Å². The highest BCUT2D eigenvalue weighted by atomic mass is 35.5. The Labute approximate surface area is 107 Å². The van der Waals surface area contributed by atoms with Crippen molar-refractivity contribution < 1.29 is 4.39 Å². The molecule has 1 aromatic rings. The van der Waals surface area contributed by atoms with Crippen LogP contribution in [0.4, 0.5) is 4.39 Å². The summed E-state index contributed by atoms with van der Waals surface area (Å²) < 4.78 is 13.3. The molecule has 0 radical (unpaired) electrons. The van der Waals surface area contributed by atoms with Crippen molar-refractivity contribution in [1.29, 1.82) is 0 Å². The van der Waals surface area contributed by atoms with Gasteiger partial charge in [-0.25, -0.2) is 4.39 Å². The Morgan fingerprint density at radius 2 is 2.12 bits per heavy atom. The van der Waals surface area contributed by atoms with E-state index in [0.717, 1.165) is 18.4 Å². The number of nitrogens with two attached hydrogens (primary N) is 1. The molecule has 96 valence electrons. The Kier molecular flexibility index (Phi) is 6.48. The van der Waals surface area contributed by atoms with Crippen LogP contribution in [-0.2, 0) is 0 Å². The van der Waals surface area contributed by atoms with Gasteiger partial charge >= 0.3 is 0 Å². The molecule has 0 heterocycles. The van der Waals surface area contributed by atoms with Crippen molar-refractivity contribution in [3.8, 4) is 0 Å². The summed E-state index contributed by atoms with van der Waals surface area (Å²) in [7, 11) is 0. The second-order valence-electron chi connectivity index (χ2n) is 4.24. The van der Waals surface area contributed by atoms with Gasteiger partial charge in [0.1, 0.15) is 5.82 Å². The van der Waals surface area contributed by atoms with E-state index in [-0.39, 0.29) is 11.1 Å². The van der Waals surface area contributed by atoms with Gasteiger partial charge in [0.05, 0.1) is 5.02 Å². The molecule has 0 saturated heterocycles. The highest BCUT2D eigenvalue weighted by Crippen LogP contribution is 2.23. The lowest BCUT2D eigenvalue weighted by molar-refractivity contribution is 0.479. The summed E-state index contributed by atoms with van der Waals surface area (Å²) in [5.41, 5.74) is 3.58. The lowest BCUT2D eigenvalue weighted by atomic mass is 10.0. The van der Waals surface area contributed by atoms with E-state index in [1.807, 2.05) is 6.07 Å². The van der Waals surface area contributed by atoms with E-state index in [9.17, 15) is 4.39 Å². The zero-order valence-electron chi connectivity index (χ0n) is 10.2. The number of hydrazine groups is 1. The molecule has 1 unspecified atom stereocenters. The van der Waals surface area contributed by atoms with Gasteiger partial charge < -0.3 is 0 Å². The van der Waals surface area contributed by atoms with Crippen LogP contribution in [0.1, 0.15) is 50.6 Å². The minimum atomic E-state index is -0.391. The number of hydrogen-bond donors (Lipinski definition) is 2. The van der Waals surface area contributed by atoms with Gasteiger partial charge in [0, 0.05) is 6.04 Å². The molecular weight excluding hydrogens is 239 g/mol. The number of rotatable bonds is 7.